The van der Waals surface area contributed by atoms with Crippen LogP contribution >= 0.6 is 22.9 Å². The van der Waals surface area contributed by atoms with Crippen LogP contribution in [0.3, 0.4) is 0 Å². The van der Waals surface area contributed by atoms with Crippen LogP contribution in [0, 0.1) is 6.92 Å². The van der Waals surface area contributed by atoms with Crippen molar-refractivity contribution in [2.24, 2.45) is 0 Å². The van der Waals surface area contributed by atoms with E-state index in [9.17, 15) is 18.3 Å². The molecule has 5 heterocycles. The summed E-state index contributed by atoms with van der Waals surface area (Å²) in [4.78, 5) is 24.3. The molecule has 1 N–H and O–H groups in total. The van der Waals surface area contributed by atoms with E-state index in [0.717, 1.165) is 12.0 Å². The number of nitrogens with zero attached hydrogens (tertiary/aromatic N) is 6. The van der Waals surface area contributed by atoms with Gasteiger partial charge in [0.2, 0.25) is 0 Å². The van der Waals surface area contributed by atoms with E-state index in [0.29, 0.717) is 75.9 Å². The van der Waals surface area contributed by atoms with Crippen LogP contribution in [-0.4, -0.2) is 66.9 Å². The minimum Gasteiger partial charge on any atom is -0.444 e. The van der Waals surface area contributed by atoms with Crippen molar-refractivity contribution in [3.8, 4) is 21.7 Å². The van der Waals surface area contributed by atoms with Gasteiger partial charge in [0.1, 0.15) is 16.2 Å². The molecule has 1 saturated carbocycles. The van der Waals surface area contributed by atoms with Crippen molar-refractivity contribution < 1.29 is 23.1 Å². The number of carbonyl (C=O) groups is 1. The molecule has 0 radical (unpaired) electrons. The number of amides is 1. The summed E-state index contributed by atoms with van der Waals surface area (Å²) in [6, 6.07) is 8.51. The third kappa shape index (κ3) is 5.90. The molecule has 1 amide bonds. The molecule has 1 saturated heterocycles. The fourth-order valence-electron chi connectivity index (χ4n) is 6.25. The van der Waals surface area contributed by atoms with Gasteiger partial charge in [-0.25, -0.2) is 27.2 Å². The summed E-state index contributed by atoms with van der Waals surface area (Å²) >= 11 is 8.14. The van der Waals surface area contributed by atoms with Gasteiger partial charge >= 0.3 is 6.09 Å². The Hall–Kier alpha value is -3.78. The van der Waals surface area contributed by atoms with Gasteiger partial charge in [0.15, 0.2) is 5.65 Å². The zero-order valence-corrected chi connectivity index (χ0v) is 29.6. The molecule has 1 aromatic carbocycles. The number of aliphatic hydroxyl groups is 1. The van der Waals surface area contributed by atoms with Gasteiger partial charge in [-0.1, -0.05) is 29.3 Å². The molecule has 0 spiro atoms. The van der Waals surface area contributed by atoms with E-state index in [-0.39, 0.29) is 22.7 Å². The molecule has 7 rings (SSSR count). The Labute approximate surface area is 288 Å². The molecule has 14 heteroatoms. The van der Waals surface area contributed by atoms with Crippen molar-refractivity contribution in [3.05, 3.63) is 70.7 Å². The average molecular weight is 709 g/mol. The lowest BCUT2D eigenvalue weighted by Gasteiger charge is -2.34. The zero-order valence-electron chi connectivity index (χ0n) is 27.2. The molecule has 48 heavy (non-hydrogen) atoms. The molecule has 5 aromatic rings. The molecule has 2 fully saturated rings. The summed E-state index contributed by atoms with van der Waals surface area (Å²) in [7, 11) is -4.13. The highest BCUT2D eigenvalue weighted by molar-refractivity contribution is 7.90. The minimum atomic E-state index is -4.13. The van der Waals surface area contributed by atoms with Gasteiger partial charge in [0, 0.05) is 48.2 Å². The highest BCUT2D eigenvalue weighted by Gasteiger charge is 2.39. The molecule has 0 atom stereocenters. The monoisotopic (exact) mass is 708 g/mol. The van der Waals surface area contributed by atoms with Crippen LogP contribution in [0.15, 0.2) is 60.0 Å². The maximum Gasteiger partial charge on any atom is 0.410 e. The Balaban J connectivity index is 1.30. The predicted molar refractivity (Wildman–Crippen MR) is 185 cm³/mol. The number of carbonyl (C=O) groups excluding carboxylic acids is 1. The lowest BCUT2D eigenvalue weighted by atomic mass is 9.81. The van der Waals surface area contributed by atoms with Crippen molar-refractivity contribution in [1.29, 1.82) is 0 Å². The van der Waals surface area contributed by atoms with Gasteiger partial charge in [-0.15, -0.1) is 11.3 Å². The van der Waals surface area contributed by atoms with E-state index in [1.807, 2.05) is 38.6 Å². The molecule has 0 unspecified atom stereocenters. The molecule has 0 bridgehead atoms. The Bertz CT molecular complexity index is 2120. The van der Waals surface area contributed by atoms with Crippen molar-refractivity contribution in [1.82, 2.24) is 28.6 Å². The number of likely N-dealkylation sites (tertiary alicyclic amines) is 1. The van der Waals surface area contributed by atoms with Crippen LogP contribution in [0.5, 0.6) is 0 Å². The van der Waals surface area contributed by atoms with Gasteiger partial charge in [-0.3, -0.25) is 4.68 Å². The number of ether oxygens (including phenoxy) is 1. The first-order valence-corrected chi connectivity index (χ1v) is 18.6. The first kappa shape index (κ1) is 32.8. The largest absolute Gasteiger partial charge is 0.444 e. The summed E-state index contributed by atoms with van der Waals surface area (Å²) in [5.74, 6) is 0. The lowest BCUT2D eigenvalue weighted by molar-refractivity contribution is -0.0389. The SMILES string of the molecule is Cc1ccc(S(=O)(=O)n2c(-c3cnn(C4CCN(C(=O)OC(C)(C)C)CC4)c3)cc3c(-c4cnc(C5(O)CCC5)s4)c(Cl)cnc32)cc1. The van der Waals surface area contributed by atoms with Crippen molar-refractivity contribution in [2.75, 3.05) is 13.1 Å². The van der Waals surface area contributed by atoms with Crippen molar-refractivity contribution in [3.63, 3.8) is 0 Å². The summed E-state index contributed by atoms with van der Waals surface area (Å²) in [6.07, 6.45) is 9.91. The second-order valence-electron chi connectivity index (χ2n) is 13.7. The molecule has 1 aliphatic heterocycles. The maximum absolute atomic E-state index is 14.4. The van der Waals surface area contributed by atoms with Gasteiger partial charge in [-0.2, -0.15) is 5.10 Å². The normalized spacial score (nSPS) is 17.1. The first-order chi connectivity index (χ1) is 22.7. The average Bonchev–Trinajstić information content (AvgIpc) is 3.78. The number of aryl methyl sites for hydroxylation is 1. The second-order valence-corrected chi connectivity index (χ2v) is 16.9. The summed E-state index contributed by atoms with van der Waals surface area (Å²) in [5.41, 5.74) is 1.24. The topological polar surface area (TPSA) is 132 Å². The highest BCUT2D eigenvalue weighted by atomic mass is 35.5. The molecule has 1 aliphatic carbocycles. The molecular weight excluding hydrogens is 672 g/mol. The van der Waals surface area contributed by atoms with Crippen molar-refractivity contribution in [2.45, 2.75) is 81.9 Å². The Morgan fingerprint density at radius 1 is 1.08 bits per heavy atom. The van der Waals surface area contributed by atoms with Crippen molar-refractivity contribution >= 4 is 50.1 Å². The van der Waals surface area contributed by atoms with E-state index in [1.54, 1.807) is 47.6 Å². The molecule has 2 aliphatic rings. The minimum absolute atomic E-state index is 0.0139. The van der Waals surface area contributed by atoms with E-state index in [4.69, 9.17) is 16.3 Å². The number of halogens is 1. The second kappa shape index (κ2) is 12.0. The number of hydrogen-bond acceptors (Lipinski definition) is 9. The predicted octanol–water partition coefficient (Wildman–Crippen LogP) is 7.17. The van der Waals surface area contributed by atoms with Crippen LogP contribution < -0.4 is 0 Å². The third-order valence-corrected chi connectivity index (χ3v) is 12.2. The number of hydrogen-bond donors (Lipinski definition) is 1. The van der Waals surface area contributed by atoms with Gasteiger partial charge < -0.3 is 14.7 Å². The first-order valence-electron chi connectivity index (χ1n) is 16.0. The molecule has 4 aromatic heterocycles. The summed E-state index contributed by atoms with van der Waals surface area (Å²) < 4.78 is 37.5. The number of fused-ring (bicyclic) bond motifs is 1. The Morgan fingerprint density at radius 2 is 1.79 bits per heavy atom. The van der Waals surface area contributed by atoms with Crippen LogP contribution in [0.1, 0.15) is 69.5 Å². The van der Waals surface area contributed by atoms with E-state index in [2.05, 4.69) is 15.1 Å². The zero-order chi connectivity index (χ0) is 34.0. The number of pyridine rings is 1. The van der Waals surface area contributed by atoms with Gasteiger partial charge in [-0.05, 0) is 78.0 Å². The highest BCUT2D eigenvalue weighted by Crippen LogP contribution is 2.47. The van der Waals surface area contributed by atoms with Crippen LogP contribution in [0.2, 0.25) is 5.02 Å². The van der Waals surface area contributed by atoms with Gasteiger partial charge in [0.25, 0.3) is 10.0 Å². The summed E-state index contributed by atoms with van der Waals surface area (Å²) in [6.45, 7) is 8.49. The fraction of sp³-hybridized carbons (Fsp3) is 0.412. The fourth-order valence-corrected chi connectivity index (χ4v) is 9.17. The number of rotatable bonds is 6. The van der Waals surface area contributed by atoms with E-state index < -0.39 is 21.2 Å². The number of benzene rings is 1. The summed E-state index contributed by atoms with van der Waals surface area (Å²) in [5, 5.41) is 17.1. The molecular formula is C34H37ClN6O5S2. The van der Waals surface area contributed by atoms with Gasteiger partial charge in [0.05, 0.1) is 32.7 Å². The molecule has 11 nitrogen and oxygen atoms in total. The van der Waals surface area contributed by atoms with Crippen LogP contribution in [-0.2, 0) is 20.4 Å². The quantitative estimate of drug-likeness (QED) is 0.196. The maximum atomic E-state index is 14.4. The van der Waals surface area contributed by atoms with Crippen LogP contribution in [0.25, 0.3) is 32.7 Å². The van der Waals surface area contributed by atoms with E-state index >= 15 is 0 Å². The Kier molecular flexibility index (Phi) is 8.17. The number of thiazole rings is 1. The lowest BCUT2D eigenvalue weighted by Crippen LogP contribution is -2.42. The molecule has 252 valence electrons. The smallest absolute Gasteiger partial charge is 0.410 e. The standard InChI is InChI=1S/C34H37ClN6O5S2/c1-21-6-8-24(9-7-21)48(44,45)41-27(22-17-38-40(20-22)23-10-14-39(15-11-23)32(42)46-33(2,3)4)16-25-29(26(35)18-36-30(25)41)28-19-37-31(47-28)34(43)12-5-13-34/h6-9,16-20,23,43H,5,10-15H2,1-4H3. The van der Waals surface area contributed by atoms with Crippen LogP contribution in [0.4, 0.5) is 4.79 Å². The third-order valence-electron chi connectivity index (χ3n) is 9.02. The van der Waals surface area contributed by atoms with E-state index in [1.165, 1.54) is 21.5 Å². The number of aromatic nitrogens is 5. The number of piperidine rings is 1. The Morgan fingerprint density at radius 3 is 2.44 bits per heavy atom.